The fourth-order valence-corrected chi connectivity index (χ4v) is 3.27. The number of aryl methyl sites for hydroxylation is 1. The minimum atomic E-state index is -0.367. The van der Waals surface area contributed by atoms with E-state index in [9.17, 15) is 9.59 Å². The lowest BCUT2D eigenvalue weighted by molar-refractivity contribution is -0.136. The van der Waals surface area contributed by atoms with Crippen molar-refractivity contribution in [1.82, 2.24) is 4.90 Å². The number of nitrogens with zero attached hydrogens (tertiary/aromatic N) is 1. The van der Waals surface area contributed by atoms with Crippen molar-refractivity contribution in [2.24, 2.45) is 0 Å². The number of hydrogen-bond donors (Lipinski definition) is 1. The number of nitrogens with one attached hydrogen (secondary N) is 1. The fourth-order valence-electron chi connectivity index (χ4n) is 3.27. The third-order valence-electron chi connectivity index (χ3n) is 4.86. The van der Waals surface area contributed by atoms with Crippen LogP contribution in [0, 0.1) is 6.92 Å². The van der Waals surface area contributed by atoms with Crippen LogP contribution in [-0.4, -0.2) is 51.2 Å². The zero-order valence-corrected chi connectivity index (χ0v) is 17.7. The predicted octanol–water partition coefficient (Wildman–Crippen LogP) is 3.24. The van der Waals surface area contributed by atoms with Gasteiger partial charge in [0.2, 0.25) is 0 Å². The zero-order chi connectivity index (χ0) is 21.7. The molecule has 2 amide bonds. The van der Waals surface area contributed by atoms with Gasteiger partial charge in [-0.2, -0.15) is 0 Å². The number of carbonyl (C=O) groups excluding carboxylic acids is 2. The topological polar surface area (TPSA) is 77.1 Å². The summed E-state index contributed by atoms with van der Waals surface area (Å²) in [6.07, 6.45) is 0.565. The highest BCUT2D eigenvalue weighted by Crippen LogP contribution is 2.33. The Morgan fingerprint density at radius 1 is 0.900 bits per heavy atom. The highest BCUT2D eigenvalue weighted by atomic mass is 16.5. The van der Waals surface area contributed by atoms with E-state index in [0.29, 0.717) is 41.4 Å². The van der Waals surface area contributed by atoms with E-state index in [4.69, 9.17) is 14.2 Å². The van der Waals surface area contributed by atoms with Gasteiger partial charge < -0.3 is 19.5 Å². The molecule has 0 saturated heterocycles. The lowest BCUT2D eigenvalue weighted by Gasteiger charge is -2.15. The molecule has 0 aliphatic carbocycles. The lowest BCUT2D eigenvalue weighted by atomic mass is 10.0. The SMILES string of the molecule is COCCCN1C(=O)C(Nc2cc(OC)cc(OC)c2)=C(c2ccc(C)cc2)C1=O. The van der Waals surface area contributed by atoms with E-state index in [2.05, 4.69) is 5.32 Å². The van der Waals surface area contributed by atoms with Crippen LogP contribution in [-0.2, 0) is 14.3 Å². The first-order chi connectivity index (χ1) is 14.5. The molecule has 0 radical (unpaired) electrons. The summed E-state index contributed by atoms with van der Waals surface area (Å²) >= 11 is 0. The number of methoxy groups -OCH3 is 3. The summed E-state index contributed by atoms with van der Waals surface area (Å²) in [6.45, 7) is 2.72. The molecule has 1 aliphatic rings. The van der Waals surface area contributed by atoms with E-state index >= 15 is 0 Å². The average Bonchev–Trinajstić information content (AvgIpc) is 2.98. The zero-order valence-electron chi connectivity index (χ0n) is 17.7. The van der Waals surface area contributed by atoms with Crippen LogP contribution in [0.5, 0.6) is 11.5 Å². The molecule has 7 heteroatoms. The smallest absolute Gasteiger partial charge is 0.278 e. The second kappa shape index (κ2) is 9.45. The summed E-state index contributed by atoms with van der Waals surface area (Å²) in [5, 5.41) is 3.13. The van der Waals surface area contributed by atoms with Crippen molar-refractivity contribution in [3.63, 3.8) is 0 Å². The van der Waals surface area contributed by atoms with E-state index in [-0.39, 0.29) is 24.1 Å². The quantitative estimate of drug-likeness (QED) is 0.505. The standard InChI is InChI=1S/C23H26N2O5/c1-15-6-8-16(9-7-15)20-21(23(27)25(22(20)26)10-5-11-28-2)24-17-12-18(29-3)14-19(13-17)30-4/h6-9,12-14,24H,5,10-11H2,1-4H3. The molecule has 0 fully saturated rings. The number of rotatable bonds is 9. The van der Waals surface area contributed by atoms with E-state index in [0.717, 1.165) is 5.56 Å². The van der Waals surface area contributed by atoms with Crippen molar-refractivity contribution < 1.29 is 23.8 Å². The number of carbonyl (C=O) groups is 2. The molecule has 158 valence electrons. The molecule has 1 aliphatic heterocycles. The summed E-state index contributed by atoms with van der Waals surface area (Å²) in [4.78, 5) is 27.6. The van der Waals surface area contributed by atoms with Crippen molar-refractivity contribution >= 4 is 23.1 Å². The van der Waals surface area contributed by atoms with E-state index in [1.165, 1.54) is 4.90 Å². The van der Waals surface area contributed by atoms with Gasteiger partial charge in [-0.25, -0.2) is 0 Å². The van der Waals surface area contributed by atoms with Crippen LogP contribution in [0.3, 0.4) is 0 Å². The Bertz CT molecular complexity index is 944. The Morgan fingerprint density at radius 2 is 1.53 bits per heavy atom. The molecule has 0 aromatic heterocycles. The fraction of sp³-hybridized carbons (Fsp3) is 0.304. The van der Waals surface area contributed by atoms with E-state index in [1.807, 2.05) is 31.2 Å². The van der Waals surface area contributed by atoms with Crippen molar-refractivity contribution in [1.29, 1.82) is 0 Å². The van der Waals surface area contributed by atoms with Gasteiger partial charge in [0.15, 0.2) is 0 Å². The number of imide groups is 1. The molecule has 0 unspecified atom stereocenters. The molecule has 0 saturated carbocycles. The normalized spacial score (nSPS) is 13.8. The average molecular weight is 410 g/mol. The van der Waals surface area contributed by atoms with Gasteiger partial charge in [-0.1, -0.05) is 29.8 Å². The van der Waals surface area contributed by atoms with Gasteiger partial charge >= 0.3 is 0 Å². The lowest BCUT2D eigenvalue weighted by Crippen LogP contribution is -2.33. The number of ether oxygens (including phenoxy) is 3. The summed E-state index contributed by atoms with van der Waals surface area (Å²) in [5.41, 5.74) is 2.92. The maximum atomic E-state index is 13.2. The van der Waals surface area contributed by atoms with Gasteiger partial charge in [0.05, 0.1) is 19.8 Å². The Balaban J connectivity index is 2.02. The molecular formula is C23H26N2O5. The van der Waals surface area contributed by atoms with Crippen LogP contribution in [0.15, 0.2) is 48.2 Å². The second-order valence-electron chi connectivity index (χ2n) is 6.95. The van der Waals surface area contributed by atoms with Crippen LogP contribution < -0.4 is 14.8 Å². The summed E-state index contributed by atoms with van der Waals surface area (Å²) in [7, 11) is 4.70. The molecule has 0 spiro atoms. The van der Waals surface area contributed by atoms with Crippen LogP contribution in [0.25, 0.3) is 5.57 Å². The monoisotopic (exact) mass is 410 g/mol. The van der Waals surface area contributed by atoms with E-state index in [1.54, 1.807) is 39.5 Å². The molecule has 1 heterocycles. The minimum Gasteiger partial charge on any atom is -0.497 e. The molecule has 2 aromatic carbocycles. The van der Waals surface area contributed by atoms with Gasteiger partial charge in [-0.15, -0.1) is 0 Å². The first-order valence-corrected chi connectivity index (χ1v) is 9.65. The number of benzene rings is 2. The third-order valence-corrected chi connectivity index (χ3v) is 4.86. The highest BCUT2D eigenvalue weighted by molar-refractivity contribution is 6.36. The van der Waals surface area contributed by atoms with Gasteiger partial charge in [-0.3, -0.25) is 14.5 Å². The minimum absolute atomic E-state index is 0.233. The molecule has 30 heavy (non-hydrogen) atoms. The number of amides is 2. The number of hydrogen-bond acceptors (Lipinski definition) is 6. The first-order valence-electron chi connectivity index (χ1n) is 9.65. The Morgan fingerprint density at radius 3 is 2.10 bits per heavy atom. The van der Waals surface area contributed by atoms with Crippen molar-refractivity contribution in [3.05, 3.63) is 59.3 Å². The van der Waals surface area contributed by atoms with Gasteiger partial charge in [0, 0.05) is 44.1 Å². The third kappa shape index (κ3) is 4.46. The largest absolute Gasteiger partial charge is 0.497 e. The summed E-state index contributed by atoms with van der Waals surface area (Å²) in [6, 6.07) is 12.8. The Hall–Kier alpha value is -3.32. The number of anilines is 1. The van der Waals surface area contributed by atoms with Gasteiger partial charge in [-0.05, 0) is 18.9 Å². The predicted molar refractivity (Wildman–Crippen MR) is 114 cm³/mol. The Labute approximate surface area is 176 Å². The summed E-state index contributed by atoms with van der Waals surface area (Å²) in [5.74, 6) is 0.455. The maximum absolute atomic E-state index is 13.2. The molecule has 7 nitrogen and oxygen atoms in total. The molecule has 3 rings (SSSR count). The second-order valence-corrected chi connectivity index (χ2v) is 6.95. The summed E-state index contributed by atoms with van der Waals surface area (Å²) < 4.78 is 15.7. The van der Waals surface area contributed by atoms with E-state index < -0.39 is 0 Å². The molecule has 0 atom stereocenters. The van der Waals surface area contributed by atoms with Crippen molar-refractivity contribution in [2.45, 2.75) is 13.3 Å². The molecule has 1 N–H and O–H groups in total. The van der Waals surface area contributed by atoms with Gasteiger partial charge in [0.25, 0.3) is 11.8 Å². The van der Waals surface area contributed by atoms with Crippen LogP contribution in [0.4, 0.5) is 5.69 Å². The van der Waals surface area contributed by atoms with Crippen LogP contribution in [0.2, 0.25) is 0 Å². The van der Waals surface area contributed by atoms with Crippen LogP contribution in [0.1, 0.15) is 17.5 Å². The molecule has 0 bridgehead atoms. The van der Waals surface area contributed by atoms with Crippen molar-refractivity contribution in [2.75, 3.05) is 39.8 Å². The molecular weight excluding hydrogens is 384 g/mol. The maximum Gasteiger partial charge on any atom is 0.278 e. The molecule has 2 aromatic rings. The van der Waals surface area contributed by atoms with Crippen LogP contribution >= 0.6 is 0 Å². The first kappa shape index (κ1) is 21.4. The van der Waals surface area contributed by atoms with Gasteiger partial charge in [0.1, 0.15) is 17.2 Å². The highest BCUT2D eigenvalue weighted by Gasteiger charge is 2.38. The Kier molecular flexibility index (Phi) is 6.74. The van der Waals surface area contributed by atoms with Crippen molar-refractivity contribution in [3.8, 4) is 11.5 Å².